The summed E-state index contributed by atoms with van der Waals surface area (Å²) in [5, 5.41) is 0. The average Bonchev–Trinajstić information content (AvgIpc) is 2.83. The third-order valence-electron chi connectivity index (χ3n) is 2.88. The van der Waals surface area contributed by atoms with Gasteiger partial charge in [0.05, 0.1) is 12.0 Å². The Balaban J connectivity index is 2.43. The van der Waals surface area contributed by atoms with Crippen LogP contribution in [0.15, 0.2) is 16.7 Å². The van der Waals surface area contributed by atoms with Crippen molar-refractivity contribution in [3.8, 4) is 10.4 Å². The van der Waals surface area contributed by atoms with E-state index in [2.05, 4.69) is 0 Å². The fraction of sp³-hybridized carbons (Fsp3) is 0.400. The van der Waals surface area contributed by atoms with Gasteiger partial charge >= 0.3 is 5.97 Å². The number of hydrogen-bond donors (Lipinski definition) is 1. The van der Waals surface area contributed by atoms with E-state index in [1.807, 2.05) is 40.7 Å². The predicted octanol–water partition coefficient (Wildman–Crippen LogP) is 4.16. The summed E-state index contributed by atoms with van der Waals surface area (Å²) in [5.41, 5.74) is 7.87. The second kappa shape index (κ2) is 4.98. The average molecular weight is 293 g/mol. The van der Waals surface area contributed by atoms with Gasteiger partial charge in [-0.05, 0) is 46.2 Å². The summed E-state index contributed by atoms with van der Waals surface area (Å²) in [6.07, 6.45) is 1.63. The maximum atomic E-state index is 12.2. The first-order valence-corrected chi connectivity index (χ1v) is 7.19. The number of anilines is 1. The summed E-state index contributed by atoms with van der Waals surface area (Å²) in [6, 6.07) is 1.88. The van der Waals surface area contributed by atoms with Crippen LogP contribution >= 0.6 is 11.3 Å². The van der Waals surface area contributed by atoms with Crippen LogP contribution < -0.4 is 5.73 Å². The highest BCUT2D eigenvalue weighted by molar-refractivity contribution is 7.18. The van der Waals surface area contributed by atoms with Gasteiger partial charge in [-0.15, -0.1) is 11.3 Å². The Morgan fingerprint density at radius 2 is 2.00 bits per heavy atom. The lowest BCUT2D eigenvalue weighted by molar-refractivity contribution is 0.00763. The number of carbonyl (C=O) groups excluding carboxylic acids is 1. The molecule has 0 aliphatic rings. The number of aryl methyl sites for hydroxylation is 1. The Morgan fingerprint density at radius 3 is 2.50 bits per heavy atom. The first-order chi connectivity index (χ1) is 9.20. The lowest BCUT2D eigenvalue weighted by Gasteiger charge is -2.19. The van der Waals surface area contributed by atoms with Gasteiger partial charge in [0.2, 0.25) is 0 Å². The van der Waals surface area contributed by atoms with E-state index in [-0.39, 0.29) is 5.97 Å². The van der Waals surface area contributed by atoms with Gasteiger partial charge in [0.1, 0.15) is 16.2 Å². The summed E-state index contributed by atoms with van der Waals surface area (Å²) in [4.78, 5) is 13.6. The molecule has 2 rings (SSSR count). The van der Waals surface area contributed by atoms with Gasteiger partial charge in [0, 0.05) is 10.4 Å². The van der Waals surface area contributed by atoms with E-state index < -0.39 is 5.60 Å². The van der Waals surface area contributed by atoms with E-state index in [0.717, 1.165) is 21.8 Å². The number of hydrogen-bond acceptors (Lipinski definition) is 5. The smallest absolute Gasteiger partial charge is 0.351 e. The quantitative estimate of drug-likeness (QED) is 0.844. The lowest BCUT2D eigenvalue weighted by Crippen LogP contribution is -2.23. The molecule has 0 fully saturated rings. The molecule has 0 unspecified atom stereocenters. The Bertz CT molecular complexity index is 647. The maximum Gasteiger partial charge on any atom is 0.351 e. The number of ether oxygens (including phenoxy) is 1. The second-order valence-electron chi connectivity index (χ2n) is 5.69. The predicted molar refractivity (Wildman–Crippen MR) is 81.1 cm³/mol. The van der Waals surface area contributed by atoms with Crippen molar-refractivity contribution in [2.75, 3.05) is 5.73 Å². The molecule has 2 aromatic heterocycles. The molecule has 0 aromatic carbocycles. The van der Waals surface area contributed by atoms with Crippen LogP contribution in [-0.4, -0.2) is 11.6 Å². The van der Waals surface area contributed by atoms with Gasteiger partial charge in [-0.3, -0.25) is 0 Å². The number of nitrogen functional groups attached to an aromatic ring is 1. The van der Waals surface area contributed by atoms with Gasteiger partial charge in [0.15, 0.2) is 0 Å². The fourth-order valence-electron chi connectivity index (χ4n) is 1.88. The van der Waals surface area contributed by atoms with Crippen molar-refractivity contribution >= 4 is 23.0 Å². The minimum absolute atomic E-state index is 0.379. The van der Waals surface area contributed by atoms with Crippen molar-refractivity contribution < 1.29 is 13.9 Å². The number of carbonyl (C=O) groups is 1. The number of rotatable bonds is 2. The molecule has 5 heteroatoms. The van der Waals surface area contributed by atoms with E-state index in [4.69, 9.17) is 14.9 Å². The van der Waals surface area contributed by atoms with E-state index in [1.165, 1.54) is 11.3 Å². The molecule has 0 aliphatic carbocycles. The van der Waals surface area contributed by atoms with Crippen molar-refractivity contribution in [2.45, 2.75) is 40.2 Å². The molecule has 2 aromatic rings. The summed E-state index contributed by atoms with van der Waals surface area (Å²) in [6.45, 7) is 9.30. The van der Waals surface area contributed by atoms with Gasteiger partial charge < -0.3 is 14.9 Å². The molecule has 0 radical (unpaired) electrons. The highest BCUT2D eigenvalue weighted by Gasteiger charge is 2.25. The van der Waals surface area contributed by atoms with Crippen molar-refractivity contribution in [1.29, 1.82) is 0 Å². The molecule has 0 saturated carbocycles. The first kappa shape index (κ1) is 14.7. The molecule has 0 saturated heterocycles. The van der Waals surface area contributed by atoms with Gasteiger partial charge in [0.25, 0.3) is 0 Å². The molecule has 108 valence electrons. The summed E-state index contributed by atoms with van der Waals surface area (Å²) in [5.74, 6) is 0.431. The van der Waals surface area contributed by atoms with E-state index >= 15 is 0 Å². The summed E-state index contributed by atoms with van der Waals surface area (Å²) in [7, 11) is 0. The van der Waals surface area contributed by atoms with Crippen molar-refractivity contribution in [1.82, 2.24) is 0 Å². The van der Waals surface area contributed by atoms with Crippen molar-refractivity contribution in [2.24, 2.45) is 0 Å². The first-order valence-electron chi connectivity index (χ1n) is 6.37. The van der Waals surface area contributed by atoms with Crippen LogP contribution in [0.25, 0.3) is 10.4 Å². The molecule has 2 heterocycles. The zero-order valence-electron chi connectivity index (χ0n) is 12.4. The van der Waals surface area contributed by atoms with Crippen LogP contribution in [0.3, 0.4) is 0 Å². The van der Waals surface area contributed by atoms with Gasteiger partial charge in [-0.2, -0.15) is 0 Å². The Kier molecular flexibility index (Phi) is 3.65. The van der Waals surface area contributed by atoms with Crippen molar-refractivity contribution in [3.05, 3.63) is 28.5 Å². The van der Waals surface area contributed by atoms with Crippen LogP contribution in [-0.2, 0) is 4.74 Å². The fourth-order valence-corrected chi connectivity index (χ4v) is 3.06. The SMILES string of the molecule is Cc1occc1-c1sc(C(=O)OC(C)(C)C)c(N)c1C. The van der Waals surface area contributed by atoms with Crippen LogP contribution in [0.1, 0.15) is 41.8 Å². The number of esters is 1. The number of thiophene rings is 1. The molecular formula is C15H19NO3S. The number of nitrogens with two attached hydrogens (primary N) is 1. The number of furan rings is 1. The summed E-state index contributed by atoms with van der Waals surface area (Å²) < 4.78 is 10.7. The normalized spacial score (nSPS) is 11.7. The minimum Gasteiger partial charge on any atom is -0.469 e. The molecular weight excluding hydrogens is 274 g/mol. The molecule has 4 nitrogen and oxygen atoms in total. The summed E-state index contributed by atoms with van der Waals surface area (Å²) >= 11 is 1.35. The highest BCUT2D eigenvalue weighted by Crippen LogP contribution is 2.40. The van der Waals surface area contributed by atoms with Crippen LogP contribution in [0, 0.1) is 13.8 Å². The molecule has 0 spiro atoms. The zero-order valence-corrected chi connectivity index (χ0v) is 13.2. The Hall–Kier alpha value is -1.75. The largest absolute Gasteiger partial charge is 0.469 e. The highest BCUT2D eigenvalue weighted by atomic mass is 32.1. The third-order valence-corrected chi connectivity index (χ3v) is 4.20. The monoisotopic (exact) mass is 293 g/mol. The Morgan fingerprint density at radius 1 is 1.35 bits per heavy atom. The minimum atomic E-state index is -0.535. The van der Waals surface area contributed by atoms with Crippen LogP contribution in [0.2, 0.25) is 0 Å². The maximum absolute atomic E-state index is 12.2. The third kappa shape index (κ3) is 2.72. The second-order valence-corrected chi connectivity index (χ2v) is 6.71. The van der Waals surface area contributed by atoms with E-state index in [0.29, 0.717) is 10.6 Å². The van der Waals surface area contributed by atoms with Gasteiger partial charge in [-0.25, -0.2) is 4.79 Å². The molecule has 0 aliphatic heterocycles. The molecule has 2 N–H and O–H groups in total. The van der Waals surface area contributed by atoms with E-state index in [9.17, 15) is 4.79 Å². The molecule has 0 atom stereocenters. The van der Waals surface area contributed by atoms with Crippen LogP contribution in [0.4, 0.5) is 5.69 Å². The molecule has 0 bridgehead atoms. The molecule has 20 heavy (non-hydrogen) atoms. The lowest BCUT2D eigenvalue weighted by atomic mass is 10.1. The zero-order chi connectivity index (χ0) is 15.1. The van der Waals surface area contributed by atoms with Crippen molar-refractivity contribution in [3.63, 3.8) is 0 Å². The Labute approximate surface area is 122 Å². The molecule has 0 amide bonds. The topological polar surface area (TPSA) is 65.5 Å². The van der Waals surface area contributed by atoms with Crippen LogP contribution in [0.5, 0.6) is 0 Å². The van der Waals surface area contributed by atoms with E-state index in [1.54, 1.807) is 6.26 Å². The standard InChI is InChI=1S/C15H19NO3S/c1-8-11(16)13(14(17)19-15(3,4)5)20-12(8)10-6-7-18-9(10)2/h6-7H,16H2,1-5H3. The van der Waals surface area contributed by atoms with Gasteiger partial charge in [-0.1, -0.05) is 0 Å².